The normalized spacial score (nSPS) is 24.1. The van der Waals surface area contributed by atoms with E-state index in [2.05, 4.69) is 6.58 Å². The Kier molecular flexibility index (Phi) is 17.1. The molecule has 0 aliphatic carbocycles. The standard InChI is InChI=1S/C52H48O17/c1-3-29-60-51-40(54)43(67-48(57)35-23-13-6-14-24-35)41(65-46(55)33-19-9-4-10-20-33)39(63-51)31-62-52-45(69-50(59)37-27-17-8-18-28-37)44(68-49(58)36-25-15-7-16-26-36)42(38(64-52)30-61-32(2)53)66-47(56)34-21-11-5-12-22-34/h3-28,38-45,51-52,54H,1,29-31H2,2H3/t38-,39-,40+,41-,42-,43-,44+,45+,51+,52+/m1/s1. The van der Waals surface area contributed by atoms with Crippen molar-refractivity contribution in [3.63, 3.8) is 0 Å². The Morgan fingerprint density at radius 3 is 1.19 bits per heavy atom. The van der Waals surface area contributed by atoms with Crippen LogP contribution in [-0.2, 0) is 52.2 Å². The summed E-state index contributed by atoms with van der Waals surface area (Å²) in [7, 11) is 0. The number of aliphatic hydroxyl groups excluding tert-OH is 1. The summed E-state index contributed by atoms with van der Waals surface area (Å²) >= 11 is 0. The molecule has 10 atom stereocenters. The minimum Gasteiger partial charge on any atom is -0.463 e. The monoisotopic (exact) mass is 944 g/mol. The van der Waals surface area contributed by atoms with Gasteiger partial charge in [0, 0.05) is 6.92 Å². The van der Waals surface area contributed by atoms with Gasteiger partial charge in [-0.25, -0.2) is 24.0 Å². The van der Waals surface area contributed by atoms with E-state index in [-0.39, 0.29) is 34.4 Å². The lowest BCUT2D eigenvalue weighted by Gasteiger charge is -2.46. The Labute approximate surface area is 396 Å². The van der Waals surface area contributed by atoms with Crippen molar-refractivity contribution in [2.75, 3.05) is 19.8 Å². The Balaban J connectivity index is 1.29. The van der Waals surface area contributed by atoms with E-state index < -0.39 is 110 Å². The fourth-order valence-corrected chi connectivity index (χ4v) is 7.37. The maximum absolute atomic E-state index is 14.0. The summed E-state index contributed by atoms with van der Waals surface area (Å²) in [6.07, 6.45) is -15.2. The van der Waals surface area contributed by atoms with E-state index in [1.165, 1.54) is 66.7 Å². The van der Waals surface area contributed by atoms with Gasteiger partial charge in [-0.2, -0.15) is 0 Å². The SMILES string of the molecule is C=CCO[C@H]1O[C@H](CO[C@H]2O[C@H](COC(C)=O)[C@@H](OC(=O)c3ccccc3)[C@H](OC(=O)c3ccccc3)[C@@H]2OC(=O)c2ccccc2)[C@@H](OC(=O)c2ccccc2)[C@H](OC(=O)c2ccccc2)[C@@H]1O. The van der Waals surface area contributed by atoms with Crippen LogP contribution in [0.3, 0.4) is 0 Å². The first-order valence-electron chi connectivity index (χ1n) is 21.8. The van der Waals surface area contributed by atoms with E-state index in [0.29, 0.717) is 0 Å². The van der Waals surface area contributed by atoms with E-state index in [0.717, 1.165) is 6.92 Å². The van der Waals surface area contributed by atoms with E-state index in [9.17, 15) is 33.9 Å². The van der Waals surface area contributed by atoms with Crippen molar-refractivity contribution in [2.24, 2.45) is 0 Å². The number of aliphatic hydroxyl groups is 1. The van der Waals surface area contributed by atoms with Gasteiger partial charge in [-0.3, -0.25) is 4.79 Å². The van der Waals surface area contributed by atoms with Crippen LogP contribution in [0.15, 0.2) is 164 Å². The minimum atomic E-state index is -1.79. The molecule has 0 amide bonds. The third-order valence-electron chi connectivity index (χ3n) is 10.7. The zero-order valence-electron chi connectivity index (χ0n) is 37.1. The topological polar surface area (TPSA) is 215 Å². The smallest absolute Gasteiger partial charge is 0.338 e. The van der Waals surface area contributed by atoms with E-state index in [1.807, 2.05) is 0 Å². The second kappa shape index (κ2) is 24.0. The summed E-state index contributed by atoms with van der Waals surface area (Å²) in [5.41, 5.74) is 0.430. The van der Waals surface area contributed by atoms with Crippen LogP contribution in [0.4, 0.5) is 0 Å². The lowest BCUT2D eigenvalue weighted by molar-refractivity contribution is -0.328. The molecule has 69 heavy (non-hydrogen) atoms. The molecule has 0 aromatic heterocycles. The zero-order valence-corrected chi connectivity index (χ0v) is 37.1. The number of carbonyl (C=O) groups excluding carboxylic acids is 6. The molecule has 2 aliphatic rings. The van der Waals surface area contributed by atoms with Crippen molar-refractivity contribution < 1.29 is 81.2 Å². The number of rotatable bonds is 18. The van der Waals surface area contributed by atoms with Gasteiger partial charge >= 0.3 is 35.8 Å². The van der Waals surface area contributed by atoms with Gasteiger partial charge in [-0.15, -0.1) is 6.58 Å². The summed E-state index contributed by atoms with van der Waals surface area (Å²) in [6, 6.07) is 39.2. The van der Waals surface area contributed by atoms with Gasteiger partial charge in [-0.05, 0) is 60.7 Å². The van der Waals surface area contributed by atoms with Crippen LogP contribution in [0.1, 0.15) is 58.7 Å². The molecule has 17 nitrogen and oxygen atoms in total. The molecule has 0 spiro atoms. The van der Waals surface area contributed by atoms with Crippen LogP contribution in [-0.4, -0.2) is 122 Å². The Morgan fingerprint density at radius 1 is 0.464 bits per heavy atom. The maximum atomic E-state index is 14.0. The molecular weight excluding hydrogens is 897 g/mol. The average Bonchev–Trinajstić information content (AvgIpc) is 3.38. The molecule has 5 aromatic carbocycles. The highest BCUT2D eigenvalue weighted by Gasteiger charge is 2.55. The number of hydrogen-bond donors (Lipinski definition) is 1. The summed E-state index contributed by atoms with van der Waals surface area (Å²) < 4.78 is 60.3. The highest BCUT2D eigenvalue weighted by atomic mass is 16.8. The molecule has 17 heteroatoms. The predicted octanol–water partition coefficient (Wildman–Crippen LogP) is 5.71. The first-order valence-corrected chi connectivity index (χ1v) is 21.8. The molecule has 358 valence electrons. The maximum Gasteiger partial charge on any atom is 0.338 e. The van der Waals surface area contributed by atoms with Crippen LogP contribution >= 0.6 is 0 Å². The van der Waals surface area contributed by atoms with Gasteiger partial charge in [0.1, 0.15) is 24.9 Å². The number of hydrogen-bond acceptors (Lipinski definition) is 17. The van der Waals surface area contributed by atoms with Crippen LogP contribution in [0, 0.1) is 0 Å². The lowest BCUT2D eigenvalue weighted by Crippen LogP contribution is -2.64. The molecule has 0 saturated carbocycles. The highest BCUT2D eigenvalue weighted by molar-refractivity contribution is 5.92. The second-order valence-corrected chi connectivity index (χ2v) is 15.5. The average molecular weight is 945 g/mol. The van der Waals surface area contributed by atoms with Crippen molar-refractivity contribution in [2.45, 2.75) is 68.3 Å². The van der Waals surface area contributed by atoms with Gasteiger partial charge in [-0.1, -0.05) is 97.1 Å². The molecule has 2 aliphatic heterocycles. The molecule has 1 N–H and O–H groups in total. The Hall–Kier alpha value is -7.54. The molecule has 0 unspecified atom stereocenters. The number of carbonyl (C=O) groups is 6. The zero-order chi connectivity index (χ0) is 48.7. The van der Waals surface area contributed by atoms with Gasteiger partial charge in [0.15, 0.2) is 43.1 Å². The van der Waals surface area contributed by atoms with Gasteiger partial charge < -0.3 is 52.5 Å². The minimum absolute atomic E-state index is 0.0621. The third-order valence-corrected chi connectivity index (χ3v) is 10.7. The molecule has 0 radical (unpaired) electrons. The Bertz CT molecular complexity index is 2510. The van der Waals surface area contributed by atoms with Crippen LogP contribution in [0.5, 0.6) is 0 Å². The first kappa shape index (κ1) is 49.4. The fraction of sp³-hybridized carbons (Fsp3) is 0.269. The van der Waals surface area contributed by atoms with Crippen molar-refractivity contribution in [1.82, 2.24) is 0 Å². The lowest BCUT2D eigenvalue weighted by atomic mass is 9.97. The predicted molar refractivity (Wildman–Crippen MR) is 240 cm³/mol. The molecule has 5 aromatic rings. The molecule has 2 fully saturated rings. The van der Waals surface area contributed by atoms with Gasteiger partial charge in [0.25, 0.3) is 0 Å². The van der Waals surface area contributed by atoms with Crippen molar-refractivity contribution in [3.8, 4) is 0 Å². The number of benzene rings is 5. The van der Waals surface area contributed by atoms with Crippen LogP contribution in [0.25, 0.3) is 0 Å². The quantitative estimate of drug-likeness (QED) is 0.0633. The van der Waals surface area contributed by atoms with Gasteiger partial charge in [0.2, 0.25) is 0 Å². The first-order chi connectivity index (χ1) is 33.5. The second-order valence-electron chi connectivity index (χ2n) is 15.5. The fourth-order valence-electron chi connectivity index (χ4n) is 7.37. The van der Waals surface area contributed by atoms with E-state index in [4.69, 9.17) is 47.4 Å². The van der Waals surface area contributed by atoms with Crippen molar-refractivity contribution in [1.29, 1.82) is 0 Å². The molecular formula is C52H48O17. The third kappa shape index (κ3) is 12.9. The van der Waals surface area contributed by atoms with Crippen LogP contribution in [0.2, 0.25) is 0 Å². The summed E-state index contributed by atoms with van der Waals surface area (Å²) in [6.45, 7) is 3.37. The van der Waals surface area contributed by atoms with Crippen molar-refractivity contribution in [3.05, 3.63) is 192 Å². The largest absolute Gasteiger partial charge is 0.463 e. The highest BCUT2D eigenvalue weighted by Crippen LogP contribution is 2.34. The van der Waals surface area contributed by atoms with Crippen LogP contribution < -0.4 is 0 Å². The molecule has 2 heterocycles. The summed E-state index contributed by atoms with van der Waals surface area (Å²) in [5, 5.41) is 11.7. The summed E-state index contributed by atoms with van der Waals surface area (Å²) in [5.74, 6) is -5.31. The molecule has 7 rings (SSSR count). The number of ether oxygens (including phenoxy) is 10. The van der Waals surface area contributed by atoms with E-state index >= 15 is 0 Å². The van der Waals surface area contributed by atoms with E-state index in [1.54, 1.807) is 91.0 Å². The molecule has 0 bridgehead atoms. The van der Waals surface area contributed by atoms with Crippen molar-refractivity contribution >= 4 is 35.8 Å². The summed E-state index contributed by atoms with van der Waals surface area (Å²) in [4.78, 5) is 81.6. The van der Waals surface area contributed by atoms with Gasteiger partial charge in [0.05, 0.1) is 41.0 Å². The Morgan fingerprint density at radius 2 is 0.797 bits per heavy atom. The number of esters is 6. The molecule has 2 saturated heterocycles.